The van der Waals surface area contributed by atoms with Crippen molar-refractivity contribution in [2.24, 2.45) is 5.92 Å². The minimum absolute atomic E-state index is 0.248. The van der Waals surface area contributed by atoms with Crippen LogP contribution in [-0.4, -0.2) is 21.7 Å². The molecule has 0 aromatic heterocycles. The number of hydrogen-bond donors (Lipinski definition) is 1. The summed E-state index contributed by atoms with van der Waals surface area (Å²) in [7, 11) is 0. The molecule has 3 rings (SSSR count). The number of hydroxylamine groups is 2. The van der Waals surface area contributed by atoms with Crippen molar-refractivity contribution in [2.45, 2.75) is 52.4 Å². The topological polar surface area (TPSA) is 49.8 Å². The molecule has 0 aliphatic heterocycles. The Morgan fingerprint density at radius 2 is 1.50 bits per heavy atom. The summed E-state index contributed by atoms with van der Waals surface area (Å²) in [5.41, 5.74) is 1.16. The van der Waals surface area contributed by atoms with Crippen LogP contribution in [0.5, 0.6) is 0 Å². The number of rotatable bonds is 6. The summed E-state index contributed by atoms with van der Waals surface area (Å²) in [6, 6.07) is 23.1. The van der Waals surface area contributed by atoms with Crippen LogP contribution in [0.2, 0.25) is 0 Å². The molecule has 0 aliphatic carbocycles. The van der Waals surface area contributed by atoms with Crippen LogP contribution in [0, 0.1) is 5.92 Å². The summed E-state index contributed by atoms with van der Waals surface area (Å²) in [6.45, 7) is 9.46. The zero-order valence-corrected chi connectivity index (χ0v) is 18.4. The van der Waals surface area contributed by atoms with Crippen molar-refractivity contribution in [2.75, 3.05) is 0 Å². The molecule has 0 radical (unpaired) electrons. The van der Waals surface area contributed by atoms with Gasteiger partial charge in [-0.25, -0.2) is 5.06 Å². The number of aliphatic hydroxyl groups excluding tert-OH is 1. The molecule has 3 aromatic carbocycles. The van der Waals surface area contributed by atoms with Gasteiger partial charge in [0.2, 0.25) is 0 Å². The number of nitrogens with zero attached hydrogens (tertiary/aromatic N) is 1. The van der Waals surface area contributed by atoms with Gasteiger partial charge in [-0.3, -0.25) is 9.63 Å². The first-order chi connectivity index (χ1) is 14.2. The molecule has 1 N–H and O–H groups in total. The summed E-state index contributed by atoms with van der Waals surface area (Å²) in [6.07, 6.45) is -0.913. The summed E-state index contributed by atoms with van der Waals surface area (Å²) >= 11 is 0. The van der Waals surface area contributed by atoms with E-state index >= 15 is 0 Å². The van der Waals surface area contributed by atoms with E-state index in [1.54, 1.807) is 6.92 Å². The van der Waals surface area contributed by atoms with Crippen LogP contribution in [0.25, 0.3) is 10.8 Å². The molecule has 1 amide bonds. The number of hydrogen-bond acceptors (Lipinski definition) is 3. The molecule has 4 heteroatoms. The third-order valence-electron chi connectivity index (χ3n) is 5.22. The number of carbonyl (C=O) groups excluding carboxylic acids is 1. The zero-order chi connectivity index (χ0) is 21.9. The van der Waals surface area contributed by atoms with E-state index in [9.17, 15) is 9.90 Å². The second-order valence-electron chi connectivity index (χ2n) is 8.76. The molecule has 0 spiro atoms. The average Bonchev–Trinajstić information content (AvgIpc) is 2.75. The van der Waals surface area contributed by atoms with E-state index < -0.39 is 17.6 Å². The molecule has 0 bridgehead atoms. The van der Waals surface area contributed by atoms with E-state index in [4.69, 9.17) is 4.84 Å². The molecule has 0 saturated heterocycles. The second-order valence-corrected chi connectivity index (χ2v) is 8.76. The lowest BCUT2D eigenvalue weighted by Gasteiger charge is -2.37. The van der Waals surface area contributed by atoms with Crippen molar-refractivity contribution in [3.05, 3.63) is 83.9 Å². The molecule has 30 heavy (non-hydrogen) atoms. The molecule has 0 fully saturated rings. The van der Waals surface area contributed by atoms with Crippen LogP contribution in [0.4, 0.5) is 0 Å². The molecule has 0 unspecified atom stereocenters. The highest BCUT2D eigenvalue weighted by Gasteiger charge is 2.34. The lowest BCUT2D eigenvalue weighted by Crippen LogP contribution is -2.43. The Morgan fingerprint density at radius 1 is 0.900 bits per heavy atom. The molecule has 158 valence electrons. The van der Waals surface area contributed by atoms with E-state index in [0.717, 1.165) is 16.3 Å². The number of aliphatic hydroxyl groups is 1. The van der Waals surface area contributed by atoms with Gasteiger partial charge in [-0.15, -0.1) is 0 Å². The third kappa shape index (κ3) is 4.89. The number of fused-ring (bicyclic) bond motifs is 1. The highest BCUT2D eigenvalue weighted by molar-refractivity contribution is 5.87. The SMILES string of the molecule is C[C@H](C(=O)N(OC(C)(C)C)[C@H](C)c1cccc2ccccc12)[C@H](O)c1ccccc1. The Balaban J connectivity index is 1.96. The predicted octanol–water partition coefficient (Wildman–Crippen LogP) is 5.83. The fourth-order valence-corrected chi connectivity index (χ4v) is 3.63. The Hall–Kier alpha value is -2.69. The maximum atomic E-state index is 13.5. The molecule has 0 aliphatic rings. The van der Waals surface area contributed by atoms with E-state index in [2.05, 4.69) is 18.2 Å². The van der Waals surface area contributed by atoms with Gasteiger partial charge < -0.3 is 5.11 Å². The van der Waals surface area contributed by atoms with Crippen molar-refractivity contribution < 1.29 is 14.7 Å². The molecule has 3 atom stereocenters. The second kappa shape index (κ2) is 8.99. The van der Waals surface area contributed by atoms with Crippen LogP contribution in [0.15, 0.2) is 72.8 Å². The average molecular weight is 406 g/mol. The molecular weight excluding hydrogens is 374 g/mol. The van der Waals surface area contributed by atoms with Gasteiger partial charge in [0.1, 0.15) is 0 Å². The van der Waals surface area contributed by atoms with E-state index in [0.29, 0.717) is 5.56 Å². The van der Waals surface area contributed by atoms with Crippen LogP contribution >= 0.6 is 0 Å². The van der Waals surface area contributed by atoms with Crippen LogP contribution in [-0.2, 0) is 9.63 Å². The van der Waals surface area contributed by atoms with Crippen molar-refractivity contribution in [1.29, 1.82) is 0 Å². The first-order valence-electron chi connectivity index (χ1n) is 10.4. The van der Waals surface area contributed by atoms with Crippen LogP contribution in [0.3, 0.4) is 0 Å². The smallest absolute Gasteiger partial charge is 0.252 e. The quantitative estimate of drug-likeness (QED) is 0.525. The highest BCUT2D eigenvalue weighted by Crippen LogP contribution is 2.33. The van der Waals surface area contributed by atoms with E-state index in [-0.39, 0.29) is 11.9 Å². The Kier molecular flexibility index (Phi) is 6.59. The summed E-state index contributed by atoms with van der Waals surface area (Å²) in [5, 5.41) is 14.5. The normalized spacial score (nSPS) is 14.9. The minimum Gasteiger partial charge on any atom is -0.388 e. The molecule has 4 nitrogen and oxygen atoms in total. The van der Waals surface area contributed by atoms with Gasteiger partial charge in [0.15, 0.2) is 0 Å². The van der Waals surface area contributed by atoms with Gasteiger partial charge in [0, 0.05) is 0 Å². The van der Waals surface area contributed by atoms with Gasteiger partial charge in [-0.05, 0) is 49.6 Å². The molecule has 0 saturated carbocycles. The monoisotopic (exact) mass is 405 g/mol. The number of benzene rings is 3. The predicted molar refractivity (Wildman–Crippen MR) is 121 cm³/mol. The summed E-state index contributed by atoms with van der Waals surface area (Å²) < 4.78 is 0. The van der Waals surface area contributed by atoms with E-state index in [1.807, 2.05) is 82.3 Å². The first-order valence-corrected chi connectivity index (χ1v) is 10.4. The fraction of sp³-hybridized carbons (Fsp3) is 0.346. The van der Waals surface area contributed by atoms with Gasteiger partial charge >= 0.3 is 0 Å². The van der Waals surface area contributed by atoms with Crippen LogP contribution in [0.1, 0.15) is 57.9 Å². The van der Waals surface area contributed by atoms with Gasteiger partial charge in [-0.2, -0.15) is 0 Å². The summed E-state index contributed by atoms with van der Waals surface area (Å²) in [5.74, 6) is -0.908. The lowest BCUT2D eigenvalue weighted by molar-refractivity contribution is -0.246. The fourth-order valence-electron chi connectivity index (χ4n) is 3.63. The third-order valence-corrected chi connectivity index (χ3v) is 5.22. The molecule has 0 heterocycles. The Bertz CT molecular complexity index is 989. The standard InChI is InChI=1S/C26H31NO3/c1-18(24(28)21-13-7-6-8-14-21)25(29)27(30-26(3,4)5)19(2)22-17-11-15-20-12-9-10-16-23(20)22/h6-19,24,28H,1-5H3/t18-,19+,24-/m0/s1. The van der Waals surface area contributed by atoms with Gasteiger partial charge in [0.05, 0.1) is 23.7 Å². The number of carbonyl (C=O) groups is 1. The number of amides is 1. The zero-order valence-electron chi connectivity index (χ0n) is 18.4. The van der Waals surface area contributed by atoms with Crippen molar-refractivity contribution in [1.82, 2.24) is 5.06 Å². The maximum absolute atomic E-state index is 13.5. The lowest BCUT2D eigenvalue weighted by atomic mass is 9.95. The van der Waals surface area contributed by atoms with Gasteiger partial charge in [-0.1, -0.05) is 79.7 Å². The molecular formula is C26H31NO3. The Morgan fingerprint density at radius 3 is 2.17 bits per heavy atom. The van der Waals surface area contributed by atoms with Crippen LogP contribution < -0.4 is 0 Å². The highest BCUT2D eigenvalue weighted by atomic mass is 16.7. The minimum atomic E-state index is -0.913. The van der Waals surface area contributed by atoms with Crippen molar-refractivity contribution in [3.8, 4) is 0 Å². The van der Waals surface area contributed by atoms with Gasteiger partial charge in [0.25, 0.3) is 5.91 Å². The molecule has 3 aromatic rings. The Labute approximate surface area is 179 Å². The van der Waals surface area contributed by atoms with E-state index in [1.165, 1.54) is 5.06 Å². The maximum Gasteiger partial charge on any atom is 0.252 e. The van der Waals surface area contributed by atoms with Crippen molar-refractivity contribution >= 4 is 16.7 Å². The summed E-state index contributed by atoms with van der Waals surface area (Å²) in [4.78, 5) is 19.7. The largest absolute Gasteiger partial charge is 0.388 e. The van der Waals surface area contributed by atoms with Crippen molar-refractivity contribution in [3.63, 3.8) is 0 Å². The first kappa shape index (κ1) is 22.0.